The van der Waals surface area contributed by atoms with E-state index >= 15 is 0 Å². The number of fused-ring (bicyclic) bond motifs is 1. The summed E-state index contributed by atoms with van der Waals surface area (Å²) in [5.41, 5.74) is 2.22. The SMILES string of the molecule is C=CCNc1nc(Cl)nc2c(CCC)csc12. The number of rotatable bonds is 5. The smallest absolute Gasteiger partial charge is 0.224 e. The van der Waals surface area contributed by atoms with Crippen LogP contribution in [0.4, 0.5) is 5.82 Å². The Morgan fingerprint density at radius 3 is 3.06 bits per heavy atom. The molecule has 90 valence electrons. The van der Waals surface area contributed by atoms with E-state index in [0.29, 0.717) is 11.8 Å². The van der Waals surface area contributed by atoms with Gasteiger partial charge in [-0.15, -0.1) is 17.9 Å². The van der Waals surface area contributed by atoms with Gasteiger partial charge in [-0.3, -0.25) is 0 Å². The molecule has 17 heavy (non-hydrogen) atoms. The number of hydrogen-bond acceptors (Lipinski definition) is 4. The van der Waals surface area contributed by atoms with Gasteiger partial charge in [0, 0.05) is 6.54 Å². The minimum Gasteiger partial charge on any atom is -0.365 e. The van der Waals surface area contributed by atoms with Crippen LogP contribution in [-0.2, 0) is 6.42 Å². The first-order valence-corrected chi connectivity index (χ1v) is 6.80. The zero-order valence-electron chi connectivity index (χ0n) is 9.66. The predicted octanol–water partition coefficient (Wildman–Crippen LogP) is 3.90. The van der Waals surface area contributed by atoms with Crippen LogP contribution in [0.25, 0.3) is 10.2 Å². The molecule has 2 rings (SSSR count). The van der Waals surface area contributed by atoms with Crippen LogP contribution in [0.1, 0.15) is 18.9 Å². The Labute approximate surface area is 110 Å². The maximum absolute atomic E-state index is 5.95. The van der Waals surface area contributed by atoms with Crippen LogP contribution >= 0.6 is 22.9 Å². The molecule has 3 nitrogen and oxygen atoms in total. The number of aryl methyl sites for hydroxylation is 1. The van der Waals surface area contributed by atoms with Gasteiger partial charge in [-0.25, -0.2) is 4.98 Å². The summed E-state index contributed by atoms with van der Waals surface area (Å²) in [7, 11) is 0. The Hall–Kier alpha value is -1.13. The average Bonchev–Trinajstić information content (AvgIpc) is 2.70. The molecule has 0 saturated heterocycles. The summed E-state index contributed by atoms with van der Waals surface area (Å²) in [6.45, 7) is 6.50. The molecule has 2 aromatic heterocycles. The van der Waals surface area contributed by atoms with Gasteiger partial charge in [0.1, 0.15) is 5.82 Å². The largest absolute Gasteiger partial charge is 0.365 e. The van der Waals surface area contributed by atoms with E-state index in [1.807, 2.05) is 0 Å². The second kappa shape index (κ2) is 5.47. The Morgan fingerprint density at radius 1 is 1.53 bits per heavy atom. The maximum atomic E-state index is 5.95. The molecule has 0 amide bonds. The monoisotopic (exact) mass is 267 g/mol. The highest BCUT2D eigenvalue weighted by Gasteiger charge is 2.11. The third-order valence-corrected chi connectivity index (χ3v) is 3.59. The molecule has 0 saturated carbocycles. The van der Waals surface area contributed by atoms with Crippen molar-refractivity contribution in [3.63, 3.8) is 0 Å². The van der Waals surface area contributed by atoms with Gasteiger partial charge in [-0.05, 0) is 29.0 Å². The van der Waals surface area contributed by atoms with Crippen molar-refractivity contribution < 1.29 is 0 Å². The van der Waals surface area contributed by atoms with Crippen molar-refractivity contribution in [1.29, 1.82) is 0 Å². The highest BCUT2D eigenvalue weighted by atomic mass is 35.5. The summed E-state index contributed by atoms with van der Waals surface area (Å²) >= 11 is 7.61. The van der Waals surface area contributed by atoms with Gasteiger partial charge in [0.15, 0.2) is 0 Å². The highest BCUT2D eigenvalue weighted by Crippen LogP contribution is 2.31. The lowest BCUT2D eigenvalue weighted by atomic mass is 10.2. The van der Waals surface area contributed by atoms with Gasteiger partial charge in [-0.1, -0.05) is 19.4 Å². The van der Waals surface area contributed by atoms with Crippen LogP contribution < -0.4 is 5.32 Å². The molecule has 2 aromatic rings. The van der Waals surface area contributed by atoms with Crippen molar-refractivity contribution in [2.24, 2.45) is 0 Å². The normalized spacial score (nSPS) is 10.7. The van der Waals surface area contributed by atoms with Crippen LogP contribution in [0.15, 0.2) is 18.0 Å². The molecule has 1 N–H and O–H groups in total. The second-order valence-electron chi connectivity index (χ2n) is 3.70. The van der Waals surface area contributed by atoms with Gasteiger partial charge in [0.2, 0.25) is 5.28 Å². The molecule has 0 bridgehead atoms. The standard InChI is InChI=1S/C12H14ClN3S/c1-3-5-8-7-17-10-9(8)15-12(13)16-11(10)14-6-4-2/h4,7H,2-3,5-6H2,1H3,(H,14,15,16). The van der Waals surface area contributed by atoms with E-state index in [1.165, 1.54) is 5.56 Å². The van der Waals surface area contributed by atoms with Gasteiger partial charge in [0.05, 0.1) is 10.2 Å². The third kappa shape index (κ3) is 2.58. The Balaban J connectivity index is 2.49. The summed E-state index contributed by atoms with van der Waals surface area (Å²) in [6, 6.07) is 0. The number of aromatic nitrogens is 2. The molecule has 5 heteroatoms. The molecule has 0 atom stereocenters. The van der Waals surface area contributed by atoms with Crippen LogP contribution in [0.5, 0.6) is 0 Å². The van der Waals surface area contributed by atoms with E-state index in [1.54, 1.807) is 17.4 Å². The average molecular weight is 268 g/mol. The predicted molar refractivity (Wildman–Crippen MR) is 75.1 cm³/mol. The topological polar surface area (TPSA) is 37.8 Å². The van der Waals surface area contributed by atoms with Crippen LogP contribution in [0.3, 0.4) is 0 Å². The molecule has 0 aromatic carbocycles. The molecule has 0 aliphatic rings. The van der Waals surface area contributed by atoms with E-state index in [-0.39, 0.29) is 0 Å². The van der Waals surface area contributed by atoms with Crippen LogP contribution in [0, 0.1) is 0 Å². The molecule has 2 heterocycles. The lowest BCUT2D eigenvalue weighted by Gasteiger charge is -2.04. The molecule has 0 aliphatic heterocycles. The third-order valence-electron chi connectivity index (χ3n) is 2.39. The van der Waals surface area contributed by atoms with Crippen molar-refractivity contribution in [2.75, 3.05) is 11.9 Å². The fourth-order valence-corrected chi connectivity index (χ4v) is 2.85. The van der Waals surface area contributed by atoms with Crippen LogP contribution in [0.2, 0.25) is 5.28 Å². The minimum absolute atomic E-state index is 0.291. The molecule has 0 radical (unpaired) electrons. The Bertz CT molecular complexity index is 536. The first-order valence-electron chi connectivity index (χ1n) is 5.54. The zero-order valence-corrected chi connectivity index (χ0v) is 11.2. The van der Waals surface area contributed by atoms with Gasteiger partial charge >= 0.3 is 0 Å². The number of anilines is 1. The fraction of sp³-hybridized carbons (Fsp3) is 0.333. The summed E-state index contributed by atoms with van der Waals surface area (Å²) in [4.78, 5) is 8.54. The number of nitrogens with zero attached hydrogens (tertiary/aromatic N) is 2. The lowest BCUT2D eigenvalue weighted by molar-refractivity contribution is 0.929. The first-order chi connectivity index (χ1) is 8.26. The van der Waals surface area contributed by atoms with Crippen molar-refractivity contribution >= 4 is 39.0 Å². The molecule has 0 aliphatic carbocycles. The summed E-state index contributed by atoms with van der Waals surface area (Å²) in [6.07, 6.45) is 3.92. The summed E-state index contributed by atoms with van der Waals surface area (Å²) in [5, 5.41) is 5.62. The van der Waals surface area contributed by atoms with Crippen molar-refractivity contribution in [1.82, 2.24) is 9.97 Å². The van der Waals surface area contributed by atoms with Crippen molar-refractivity contribution in [3.8, 4) is 0 Å². The molecule has 0 unspecified atom stereocenters. The van der Waals surface area contributed by atoms with E-state index < -0.39 is 0 Å². The fourth-order valence-electron chi connectivity index (χ4n) is 1.67. The Morgan fingerprint density at radius 2 is 2.35 bits per heavy atom. The molecule has 0 spiro atoms. The number of hydrogen-bond donors (Lipinski definition) is 1. The van der Waals surface area contributed by atoms with Gasteiger partial charge < -0.3 is 5.32 Å². The van der Waals surface area contributed by atoms with Crippen molar-refractivity contribution in [3.05, 3.63) is 28.9 Å². The van der Waals surface area contributed by atoms with Crippen molar-refractivity contribution in [2.45, 2.75) is 19.8 Å². The highest BCUT2D eigenvalue weighted by molar-refractivity contribution is 7.18. The van der Waals surface area contributed by atoms with E-state index in [2.05, 4.69) is 34.2 Å². The minimum atomic E-state index is 0.291. The number of thiophene rings is 1. The van der Waals surface area contributed by atoms with E-state index in [0.717, 1.165) is 28.9 Å². The van der Waals surface area contributed by atoms with Gasteiger partial charge in [0.25, 0.3) is 0 Å². The lowest BCUT2D eigenvalue weighted by Crippen LogP contribution is -2.01. The van der Waals surface area contributed by atoms with Crippen LogP contribution in [-0.4, -0.2) is 16.5 Å². The number of halogens is 1. The molecule has 0 fully saturated rings. The number of nitrogens with one attached hydrogen (secondary N) is 1. The van der Waals surface area contributed by atoms with E-state index in [9.17, 15) is 0 Å². The summed E-state index contributed by atoms with van der Waals surface area (Å²) in [5.74, 6) is 0.798. The quantitative estimate of drug-likeness (QED) is 0.660. The zero-order chi connectivity index (χ0) is 12.3. The summed E-state index contributed by atoms with van der Waals surface area (Å²) < 4.78 is 1.07. The van der Waals surface area contributed by atoms with Gasteiger partial charge in [-0.2, -0.15) is 4.98 Å². The first kappa shape index (κ1) is 12.3. The molecular formula is C12H14ClN3S. The molecular weight excluding hydrogens is 254 g/mol. The second-order valence-corrected chi connectivity index (χ2v) is 4.92. The van der Waals surface area contributed by atoms with E-state index in [4.69, 9.17) is 11.6 Å². The maximum Gasteiger partial charge on any atom is 0.224 e. The Kier molecular flexibility index (Phi) is 3.97.